The number of nitrogens with zero attached hydrogens (tertiary/aromatic N) is 4. The van der Waals surface area contributed by atoms with E-state index in [2.05, 4.69) is 58.8 Å². The lowest BCUT2D eigenvalue weighted by molar-refractivity contribution is 0.0993. The van der Waals surface area contributed by atoms with Crippen molar-refractivity contribution in [2.45, 2.75) is 19.9 Å². The maximum atomic E-state index is 13.0. The van der Waals surface area contributed by atoms with Crippen LogP contribution in [0.2, 0.25) is 0 Å². The first-order chi connectivity index (χ1) is 17.0. The molecule has 5 rings (SSSR count). The van der Waals surface area contributed by atoms with Crippen molar-refractivity contribution in [1.29, 1.82) is 0 Å². The van der Waals surface area contributed by atoms with Gasteiger partial charge in [0.25, 0.3) is 0 Å². The van der Waals surface area contributed by atoms with Gasteiger partial charge in [-0.1, -0.05) is 42.3 Å². The molecular formula is C30H30N4O. The van der Waals surface area contributed by atoms with Gasteiger partial charge in [-0.3, -0.25) is 14.1 Å². The maximum absolute atomic E-state index is 13.0. The van der Waals surface area contributed by atoms with E-state index in [9.17, 15) is 4.79 Å². The molecule has 0 spiro atoms. The molecule has 35 heavy (non-hydrogen) atoms. The Morgan fingerprint density at radius 1 is 0.971 bits per heavy atom. The van der Waals surface area contributed by atoms with Gasteiger partial charge < -0.3 is 4.90 Å². The number of likely N-dealkylation sites (N-methyl/N-ethyl adjacent to an activating group) is 1. The zero-order valence-electron chi connectivity index (χ0n) is 20.4. The number of imidazole rings is 1. The van der Waals surface area contributed by atoms with Gasteiger partial charge in [-0.25, -0.2) is 4.98 Å². The van der Waals surface area contributed by atoms with Crippen LogP contribution < -0.4 is 0 Å². The lowest BCUT2D eigenvalue weighted by Crippen LogP contribution is -2.43. The fourth-order valence-corrected chi connectivity index (χ4v) is 4.51. The molecule has 2 aromatic heterocycles. The van der Waals surface area contributed by atoms with Gasteiger partial charge in [0.15, 0.2) is 5.78 Å². The Labute approximate surface area is 207 Å². The van der Waals surface area contributed by atoms with Gasteiger partial charge in [-0.05, 0) is 60.8 Å². The fraction of sp³-hybridized carbons (Fsp3) is 0.267. The number of piperazine rings is 1. The average molecular weight is 463 g/mol. The van der Waals surface area contributed by atoms with Crippen LogP contribution in [-0.2, 0) is 13.0 Å². The number of hydrogen-bond acceptors (Lipinski definition) is 4. The molecule has 1 fully saturated rings. The van der Waals surface area contributed by atoms with E-state index in [1.807, 2.05) is 53.1 Å². The lowest BCUT2D eigenvalue weighted by Gasteiger charge is -2.32. The monoisotopic (exact) mass is 462 g/mol. The Bertz CT molecular complexity index is 1420. The molecule has 176 valence electrons. The summed E-state index contributed by atoms with van der Waals surface area (Å²) in [5.41, 5.74) is 6.85. The predicted molar refractivity (Wildman–Crippen MR) is 140 cm³/mol. The van der Waals surface area contributed by atoms with Crippen LogP contribution in [0.25, 0.3) is 5.65 Å². The molecule has 4 aromatic rings. The van der Waals surface area contributed by atoms with E-state index in [0.29, 0.717) is 12.0 Å². The van der Waals surface area contributed by atoms with Crippen LogP contribution in [0.3, 0.4) is 0 Å². The second kappa shape index (κ2) is 10.3. The van der Waals surface area contributed by atoms with E-state index in [0.717, 1.165) is 55.2 Å². The summed E-state index contributed by atoms with van der Waals surface area (Å²) in [6.45, 7) is 7.57. The second-order valence-electron chi connectivity index (χ2n) is 9.34. The minimum absolute atomic E-state index is 0.106. The normalized spacial score (nSPS) is 14.6. The van der Waals surface area contributed by atoms with E-state index in [1.165, 1.54) is 11.1 Å². The summed E-state index contributed by atoms with van der Waals surface area (Å²) in [5, 5.41) is 0. The van der Waals surface area contributed by atoms with Crippen LogP contribution in [-0.4, -0.2) is 58.2 Å². The standard InChI is InChI=1S/C30H30N4O/c1-23-18-25(9-11-27(23)22-33-16-14-32(2)15-17-33)20-29(35)26-7-5-6-24(19-26)10-12-28-21-31-30-8-3-4-13-34(28)30/h3-9,11,13,18-19,21H,14-17,20,22H2,1-2H3. The lowest BCUT2D eigenvalue weighted by atomic mass is 9.98. The summed E-state index contributed by atoms with van der Waals surface area (Å²) in [4.78, 5) is 22.3. The molecule has 5 nitrogen and oxygen atoms in total. The van der Waals surface area contributed by atoms with Gasteiger partial charge in [0, 0.05) is 56.5 Å². The molecule has 0 aliphatic carbocycles. The largest absolute Gasteiger partial charge is 0.304 e. The number of pyridine rings is 1. The smallest absolute Gasteiger partial charge is 0.167 e. The molecule has 0 amide bonds. The number of Topliss-reactive ketones (excluding diaryl/α,β-unsaturated/α-hetero) is 1. The highest BCUT2D eigenvalue weighted by molar-refractivity contribution is 5.97. The Balaban J connectivity index is 1.26. The Hall–Kier alpha value is -3.72. The summed E-state index contributed by atoms with van der Waals surface area (Å²) in [5.74, 6) is 6.47. The van der Waals surface area contributed by atoms with Crippen molar-refractivity contribution in [3.63, 3.8) is 0 Å². The zero-order valence-corrected chi connectivity index (χ0v) is 20.4. The van der Waals surface area contributed by atoms with Crippen LogP contribution in [0.4, 0.5) is 0 Å². The van der Waals surface area contributed by atoms with Gasteiger partial charge in [0.1, 0.15) is 11.3 Å². The van der Waals surface area contributed by atoms with Crippen molar-refractivity contribution in [2.75, 3.05) is 33.2 Å². The van der Waals surface area contributed by atoms with Crippen LogP contribution in [0.15, 0.2) is 73.1 Å². The SMILES string of the molecule is Cc1cc(CC(=O)c2cccc(C#Cc3cnc4ccccn34)c2)ccc1CN1CCN(C)CC1. The number of fused-ring (bicyclic) bond motifs is 1. The fourth-order valence-electron chi connectivity index (χ4n) is 4.51. The van der Waals surface area contributed by atoms with Crippen LogP contribution in [0, 0.1) is 18.8 Å². The summed E-state index contributed by atoms with van der Waals surface area (Å²) in [6.07, 6.45) is 4.11. The van der Waals surface area contributed by atoms with E-state index in [-0.39, 0.29) is 5.78 Å². The van der Waals surface area contributed by atoms with Crippen LogP contribution >= 0.6 is 0 Å². The molecule has 0 radical (unpaired) electrons. The maximum Gasteiger partial charge on any atom is 0.167 e. The number of aromatic nitrogens is 2. The van der Waals surface area contributed by atoms with Crippen molar-refractivity contribution in [3.8, 4) is 11.8 Å². The highest BCUT2D eigenvalue weighted by atomic mass is 16.1. The summed E-state index contributed by atoms with van der Waals surface area (Å²) in [6, 6.07) is 19.9. The highest BCUT2D eigenvalue weighted by Crippen LogP contribution is 2.17. The number of carbonyl (C=O) groups excluding carboxylic acids is 1. The second-order valence-corrected chi connectivity index (χ2v) is 9.34. The quantitative estimate of drug-likeness (QED) is 0.329. The number of carbonyl (C=O) groups is 1. The minimum Gasteiger partial charge on any atom is -0.304 e. The third-order valence-corrected chi connectivity index (χ3v) is 6.70. The highest BCUT2D eigenvalue weighted by Gasteiger charge is 2.15. The van der Waals surface area contributed by atoms with Crippen molar-refractivity contribution >= 4 is 11.4 Å². The number of hydrogen-bond donors (Lipinski definition) is 0. The number of ketones is 1. The summed E-state index contributed by atoms with van der Waals surface area (Å²) >= 11 is 0. The summed E-state index contributed by atoms with van der Waals surface area (Å²) < 4.78 is 1.96. The molecule has 0 unspecified atom stereocenters. The van der Waals surface area contributed by atoms with Gasteiger partial charge in [-0.2, -0.15) is 0 Å². The molecule has 1 aliphatic rings. The van der Waals surface area contributed by atoms with E-state index >= 15 is 0 Å². The van der Waals surface area contributed by atoms with Crippen molar-refractivity contribution in [3.05, 3.63) is 107 Å². The first-order valence-electron chi connectivity index (χ1n) is 12.1. The Morgan fingerprint density at radius 3 is 2.66 bits per heavy atom. The molecule has 0 atom stereocenters. The molecule has 2 aromatic carbocycles. The predicted octanol–water partition coefficient (Wildman–Crippen LogP) is 4.22. The van der Waals surface area contributed by atoms with Gasteiger partial charge >= 0.3 is 0 Å². The third-order valence-electron chi connectivity index (χ3n) is 6.70. The number of rotatable bonds is 5. The number of aryl methyl sites for hydroxylation is 1. The van der Waals surface area contributed by atoms with Crippen molar-refractivity contribution in [1.82, 2.24) is 19.2 Å². The van der Waals surface area contributed by atoms with Gasteiger partial charge in [0.2, 0.25) is 0 Å². The van der Waals surface area contributed by atoms with E-state index in [4.69, 9.17) is 0 Å². The molecule has 0 saturated carbocycles. The van der Waals surface area contributed by atoms with E-state index in [1.54, 1.807) is 6.20 Å². The van der Waals surface area contributed by atoms with Crippen molar-refractivity contribution < 1.29 is 4.79 Å². The molecule has 1 aliphatic heterocycles. The van der Waals surface area contributed by atoms with Crippen molar-refractivity contribution in [2.24, 2.45) is 0 Å². The van der Waals surface area contributed by atoms with E-state index < -0.39 is 0 Å². The number of benzene rings is 2. The molecule has 5 heteroatoms. The van der Waals surface area contributed by atoms with Crippen LogP contribution in [0.5, 0.6) is 0 Å². The molecule has 1 saturated heterocycles. The molecule has 0 N–H and O–H groups in total. The first kappa shape index (κ1) is 23.0. The minimum atomic E-state index is 0.106. The first-order valence-corrected chi connectivity index (χ1v) is 12.1. The Kier molecular flexibility index (Phi) is 6.76. The van der Waals surface area contributed by atoms with Gasteiger partial charge in [-0.15, -0.1) is 0 Å². The van der Waals surface area contributed by atoms with Gasteiger partial charge in [0.05, 0.1) is 6.20 Å². The summed E-state index contributed by atoms with van der Waals surface area (Å²) in [7, 11) is 2.18. The van der Waals surface area contributed by atoms with Crippen LogP contribution in [0.1, 0.15) is 38.3 Å². The molecule has 3 heterocycles. The topological polar surface area (TPSA) is 40.9 Å². The molecule has 0 bridgehead atoms. The Morgan fingerprint density at radius 2 is 1.83 bits per heavy atom. The zero-order chi connectivity index (χ0) is 24.2. The third kappa shape index (κ3) is 5.51. The average Bonchev–Trinajstić information content (AvgIpc) is 3.29. The molecular weight excluding hydrogens is 432 g/mol.